The highest BCUT2D eigenvalue weighted by Gasteiger charge is 2.12. The zero-order valence-corrected chi connectivity index (χ0v) is 12.6. The molecule has 0 aliphatic heterocycles. The minimum atomic E-state index is -3.38. The molecule has 0 amide bonds. The minimum Gasteiger partial charge on any atom is -0.212 e. The van der Waals surface area contributed by atoms with Crippen LogP contribution in [-0.2, 0) is 14.5 Å². The van der Waals surface area contributed by atoms with Gasteiger partial charge in [-0.1, -0.05) is 57.2 Å². The Labute approximate surface area is 114 Å². The average Bonchev–Trinajstić information content (AvgIpc) is 2.22. The summed E-state index contributed by atoms with van der Waals surface area (Å²) in [5, 5.41) is 0. The molecule has 0 atom stereocenters. The molecule has 0 aromatic heterocycles. The molecular weight excluding hydrogens is 268 g/mol. The highest BCUT2D eigenvalue weighted by molar-refractivity contribution is 8.13. The molecule has 0 N–H and O–H groups in total. The van der Waals surface area contributed by atoms with Gasteiger partial charge in [0, 0.05) is 10.7 Å². The second-order valence-corrected chi connectivity index (χ2v) is 8.20. The van der Waals surface area contributed by atoms with E-state index < -0.39 is 9.05 Å². The second-order valence-electron chi connectivity index (χ2n) is 5.31. The Balaban J connectivity index is 2.62. The van der Waals surface area contributed by atoms with Crippen molar-refractivity contribution in [2.45, 2.75) is 32.6 Å². The van der Waals surface area contributed by atoms with Crippen molar-refractivity contribution < 1.29 is 8.42 Å². The number of hydrogen-bond donors (Lipinski definition) is 0. The van der Waals surface area contributed by atoms with Crippen molar-refractivity contribution in [2.75, 3.05) is 5.75 Å². The van der Waals surface area contributed by atoms with Crippen LogP contribution in [0.5, 0.6) is 0 Å². The summed E-state index contributed by atoms with van der Waals surface area (Å²) < 4.78 is 21.5. The Morgan fingerprint density at radius 1 is 1.17 bits per heavy atom. The third-order valence-electron chi connectivity index (χ3n) is 2.62. The lowest BCUT2D eigenvalue weighted by Crippen LogP contribution is -2.10. The van der Waals surface area contributed by atoms with E-state index >= 15 is 0 Å². The van der Waals surface area contributed by atoms with E-state index in [2.05, 4.69) is 32.9 Å². The molecule has 0 spiro atoms. The highest BCUT2D eigenvalue weighted by atomic mass is 35.7. The summed E-state index contributed by atoms with van der Waals surface area (Å²) in [6, 6.07) is 8.26. The lowest BCUT2D eigenvalue weighted by atomic mass is 9.87. The number of halogens is 1. The molecule has 1 aromatic carbocycles. The smallest absolute Gasteiger partial charge is 0.212 e. The zero-order chi connectivity index (χ0) is 13.8. The Kier molecular flexibility index (Phi) is 5.00. The molecule has 4 heteroatoms. The molecular formula is C14H19ClO2S. The molecule has 0 aliphatic rings. The van der Waals surface area contributed by atoms with Crippen LogP contribution in [0.4, 0.5) is 0 Å². The average molecular weight is 287 g/mol. The number of allylic oxidation sites excluding steroid dienone is 1. The van der Waals surface area contributed by atoms with Gasteiger partial charge in [0.1, 0.15) is 0 Å². The van der Waals surface area contributed by atoms with Gasteiger partial charge in [-0.25, -0.2) is 8.42 Å². The van der Waals surface area contributed by atoms with Crippen molar-refractivity contribution >= 4 is 25.8 Å². The molecule has 0 radical (unpaired) electrons. The van der Waals surface area contributed by atoms with Gasteiger partial charge < -0.3 is 0 Å². The first-order valence-corrected chi connectivity index (χ1v) is 8.36. The molecule has 0 unspecified atom stereocenters. The molecule has 0 heterocycles. The van der Waals surface area contributed by atoms with Crippen LogP contribution in [0.2, 0.25) is 0 Å². The van der Waals surface area contributed by atoms with Crippen molar-refractivity contribution in [1.82, 2.24) is 0 Å². The summed E-state index contributed by atoms with van der Waals surface area (Å²) in [4.78, 5) is 0. The van der Waals surface area contributed by atoms with E-state index in [-0.39, 0.29) is 11.2 Å². The summed E-state index contributed by atoms with van der Waals surface area (Å²) in [6.45, 7) is 6.51. The van der Waals surface area contributed by atoms with Gasteiger partial charge in [0.25, 0.3) is 0 Å². The van der Waals surface area contributed by atoms with Gasteiger partial charge in [-0.15, -0.1) is 0 Å². The monoisotopic (exact) mass is 286 g/mol. The van der Waals surface area contributed by atoms with E-state index in [9.17, 15) is 8.42 Å². The summed E-state index contributed by atoms with van der Waals surface area (Å²) >= 11 is 0. The molecule has 2 nitrogen and oxygen atoms in total. The summed E-state index contributed by atoms with van der Waals surface area (Å²) in [7, 11) is 1.74. The number of benzene rings is 1. The molecule has 0 saturated carbocycles. The molecule has 0 fully saturated rings. The van der Waals surface area contributed by atoms with E-state index in [1.54, 1.807) is 0 Å². The van der Waals surface area contributed by atoms with Crippen LogP contribution < -0.4 is 0 Å². The fourth-order valence-electron chi connectivity index (χ4n) is 1.52. The van der Waals surface area contributed by atoms with Crippen molar-refractivity contribution in [1.29, 1.82) is 0 Å². The van der Waals surface area contributed by atoms with E-state index in [4.69, 9.17) is 10.7 Å². The Bertz CT molecular complexity index is 508. The first kappa shape index (κ1) is 15.3. The number of hydrogen-bond acceptors (Lipinski definition) is 2. The first-order valence-electron chi connectivity index (χ1n) is 5.88. The Morgan fingerprint density at radius 2 is 1.72 bits per heavy atom. The first-order chi connectivity index (χ1) is 8.18. The molecule has 1 rings (SSSR count). The van der Waals surface area contributed by atoms with Gasteiger partial charge in [-0.2, -0.15) is 0 Å². The predicted molar refractivity (Wildman–Crippen MR) is 78.4 cm³/mol. The maximum Gasteiger partial charge on any atom is 0.232 e. The van der Waals surface area contributed by atoms with Crippen LogP contribution in [0.25, 0.3) is 6.08 Å². The van der Waals surface area contributed by atoms with Crippen molar-refractivity contribution in [3.63, 3.8) is 0 Å². The van der Waals surface area contributed by atoms with Crippen LogP contribution in [0.1, 0.15) is 38.3 Å². The van der Waals surface area contributed by atoms with E-state index in [1.807, 2.05) is 24.3 Å². The molecule has 0 aliphatic carbocycles. The predicted octanol–water partition coefficient (Wildman–Crippen LogP) is 3.96. The van der Waals surface area contributed by atoms with Gasteiger partial charge in [-0.05, 0) is 23.0 Å². The summed E-state index contributed by atoms with van der Waals surface area (Å²) in [5.74, 6) is -0.0227. The maximum atomic E-state index is 10.7. The molecule has 18 heavy (non-hydrogen) atoms. The SMILES string of the molecule is CC(C)(C)c1ccc(/C=C/CCS(=O)(=O)Cl)cc1. The van der Waals surface area contributed by atoms with Crippen molar-refractivity contribution in [3.8, 4) is 0 Å². The third-order valence-corrected chi connectivity index (χ3v) is 3.80. The summed E-state index contributed by atoms with van der Waals surface area (Å²) in [5.41, 5.74) is 2.49. The molecule has 100 valence electrons. The zero-order valence-electron chi connectivity index (χ0n) is 11.0. The van der Waals surface area contributed by atoms with E-state index in [1.165, 1.54) is 5.56 Å². The van der Waals surface area contributed by atoms with Crippen LogP contribution in [-0.4, -0.2) is 14.2 Å². The third kappa shape index (κ3) is 5.69. The normalized spacial score (nSPS) is 13.1. The van der Waals surface area contributed by atoms with E-state index in [0.29, 0.717) is 6.42 Å². The number of rotatable bonds is 4. The largest absolute Gasteiger partial charge is 0.232 e. The van der Waals surface area contributed by atoms with Gasteiger partial charge in [0.15, 0.2) is 0 Å². The second kappa shape index (κ2) is 5.89. The van der Waals surface area contributed by atoms with Gasteiger partial charge in [0.2, 0.25) is 9.05 Å². The molecule has 0 saturated heterocycles. The highest BCUT2D eigenvalue weighted by Crippen LogP contribution is 2.22. The van der Waals surface area contributed by atoms with Crippen molar-refractivity contribution in [2.24, 2.45) is 0 Å². The fraction of sp³-hybridized carbons (Fsp3) is 0.429. The van der Waals surface area contributed by atoms with Crippen LogP contribution in [0.3, 0.4) is 0 Å². The van der Waals surface area contributed by atoms with Gasteiger partial charge in [0.05, 0.1) is 5.75 Å². The van der Waals surface area contributed by atoms with Crippen LogP contribution >= 0.6 is 10.7 Å². The van der Waals surface area contributed by atoms with Crippen molar-refractivity contribution in [3.05, 3.63) is 41.5 Å². The Hall–Kier alpha value is -0.800. The quantitative estimate of drug-likeness (QED) is 0.785. The van der Waals surface area contributed by atoms with Gasteiger partial charge in [-0.3, -0.25) is 0 Å². The standard InChI is InChI=1S/C14H19ClO2S/c1-14(2,3)13-9-7-12(8-10-13)6-4-5-11-18(15,16)17/h4,6-10H,5,11H2,1-3H3/b6-4+. The van der Waals surface area contributed by atoms with E-state index in [0.717, 1.165) is 5.56 Å². The molecule has 1 aromatic rings. The van der Waals surface area contributed by atoms with Gasteiger partial charge >= 0.3 is 0 Å². The van der Waals surface area contributed by atoms with Crippen LogP contribution in [0.15, 0.2) is 30.3 Å². The minimum absolute atomic E-state index is 0.0227. The summed E-state index contributed by atoms with van der Waals surface area (Å²) in [6.07, 6.45) is 4.17. The Morgan fingerprint density at radius 3 is 2.17 bits per heavy atom. The van der Waals surface area contributed by atoms with Crippen LogP contribution in [0, 0.1) is 0 Å². The maximum absolute atomic E-state index is 10.7. The lowest BCUT2D eigenvalue weighted by molar-refractivity contribution is 0.590. The fourth-order valence-corrected chi connectivity index (χ4v) is 2.21. The molecule has 0 bridgehead atoms. The lowest BCUT2D eigenvalue weighted by Gasteiger charge is -2.18. The topological polar surface area (TPSA) is 34.1 Å².